The first-order valence-corrected chi connectivity index (χ1v) is 9.20. The summed E-state index contributed by atoms with van der Waals surface area (Å²) in [5.74, 6) is 0.0136. The lowest BCUT2D eigenvalue weighted by molar-refractivity contribution is 0.112. The van der Waals surface area contributed by atoms with E-state index in [0.717, 1.165) is 42.4 Å². The number of carbonyl (C=O) groups excluding carboxylic acids is 1. The number of aldehydes is 1. The molecule has 1 fully saturated rings. The quantitative estimate of drug-likeness (QED) is 0.842. The molecule has 1 aliphatic heterocycles. The molecule has 0 saturated carbocycles. The predicted octanol–water partition coefficient (Wildman–Crippen LogP) is 2.21. The standard InChI is InChI=1S/C17H20N2O3S/c1-23(22)18-13-6-8-19(9-7-13)14-3-4-15-12(10-14)2-5-17(21)16(15)11-20/h2-5,10-11,13,18,21H,6-9H2,1H3. The van der Waals surface area contributed by atoms with E-state index in [2.05, 4.69) is 9.62 Å². The average Bonchev–Trinajstić information content (AvgIpc) is 2.54. The number of rotatable bonds is 4. The number of phenols is 1. The van der Waals surface area contributed by atoms with Gasteiger partial charge in [-0.15, -0.1) is 0 Å². The monoisotopic (exact) mass is 332 g/mol. The van der Waals surface area contributed by atoms with Gasteiger partial charge in [0.1, 0.15) is 5.75 Å². The fourth-order valence-electron chi connectivity index (χ4n) is 3.14. The summed E-state index contributed by atoms with van der Waals surface area (Å²) >= 11 is 0. The topological polar surface area (TPSA) is 69.6 Å². The summed E-state index contributed by atoms with van der Waals surface area (Å²) in [5, 5.41) is 11.5. The normalized spacial score (nSPS) is 17.3. The minimum absolute atomic E-state index is 0.0136. The van der Waals surface area contributed by atoms with Crippen molar-refractivity contribution in [2.75, 3.05) is 24.2 Å². The van der Waals surface area contributed by atoms with Crippen LogP contribution in [0.15, 0.2) is 30.3 Å². The van der Waals surface area contributed by atoms with E-state index < -0.39 is 11.0 Å². The number of nitrogens with one attached hydrogen (secondary N) is 1. The average molecular weight is 332 g/mol. The van der Waals surface area contributed by atoms with Gasteiger partial charge in [-0.05, 0) is 41.8 Å². The Morgan fingerprint density at radius 2 is 2.00 bits per heavy atom. The van der Waals surface area contributed by atoms with Crippen molar-refractivity contribution in [2.24, 2.45) is 0 Å². The molecular formula is C17H20N2O3S. The summed E-state index contributed by atoms with van der Waals surface area (Å²) in [7, 11) is -0.969. The van der Waals surface area contributed by atoms with E-state index in [9.17, 15) is 14.1 Å². The van der Waals surface area contributed by atoms with Gasteiger partial charge < -0.3 is 10.0 Å². The molecule has 2 aromatic carbocycles. The van der Waals surface area contributed by atoms with Crippen LogP contribution in [0.2, 0.25) is 0 Å². The highest BCUT2D eigenvalue weighted by atomic mass is 32.2. The van der Waals surface area contributed by atoms with Crippen molar-refractivity contribution in [1.82, 2.24) is 4.72 Å². The second-order valence-corrected chi connectivity index (χ2v) is 7.00. The number of hydrogen-bond donors (Lipinski definition) is 2. The van der Waals surface area contributed by atoms with Crippen LogP contribution < -0.4 is 9.62 Å². The lowest BCUT2D eigenvalue weighted by Crippen LogP contribution is -2.42. The smallest absolute Gasteiger partial charge is 0.154 e. The van der Waals surface area contributed by atoms with Gasteiger partial charge in [0, 0.05) is 31.1 Å². The molecule has 1 heterocycles. The lowest BCUT2D eigenvalue weighted by atomic mass is 10.0. The van der Waals surface area contributed by atoms with Crippen LogP contribution >= 0.6 is 0 Å². The van der Waals surface area contributed by atoms with Crippen LogP contribution in [-0.4, -0.2) is 41.0 Å². The van der Waals surface area contributed by atoms with Gasteiger partial charge in [0.25, 0.3) is 0 Å². The van der Waals surface area contributed by atoms with Crippen LogP contribution in [0.5, 0.6) is 5.75 Å². The third kappa shape index (κ3) is 3.38. The van der Waals surface area contributed by atoms with Crippen molar-refractivity contribution in [3.8, 4) is 5.75 Å². The molecule has 0 bridgehead atoms. The molecule has 122 valence electrons. The first kappa shape index (κ1) is 16.0. The highest BCUT2D eigenvalue weighted by Crippen LogP contribution is 2.30. The van der Waals surface area contributed by atoms with Crippen LogP contribution in [0, 0.1) is 0 Å². The summed E-state index contributed by atoms with van der Waals surface area (Å²) < 4.78 is 14.3. The molecule has 0 spiro atoms. The number of benzene rings is 2. The molecule has 6 heteroatoms. The first-order valence-electron chi connectivity index (χ1n) is 7.64. The highest BCUT2D eigenvalue weighted by Gasteiger charge is 2.20. The van der Waals surface area contributed by atoms with E-state index in [-0.39, 0.29) is 5.75 Å². The molecule has 1 aliphatic rings. The minimum atomic E-state index is -0.969. The number of anilines is 1. The van der Waals surface area contributed by atoms with Gasteiger partial charge >= 0.3 is 0 Å². The Balaban J connectivity index is 1.81. The van der Waals surface area contributed by atoms with Gasteiger partial charge in [-0.1, -0.05) is 12.1 Å². The maximum Gasteiger partial charge on any atom is 0.154 e. The van der Waals surface area contributed by atoms with Crippen LogP contribution in [0.4, 0.5) is 5.69 Å². The summed E-state index contributed by atoms with van der Waals surface area (Å²) in [4.78, 5) is 13.4. The second-order valence-electron chi connectivity index (χ2n) is 5.85. The van der Waals surface area contributed by atoms with E-state index >= 15 is 0 Å². The number of nitrogens with zero attached hydrogens (tertiary/aromatic N) is 1. The van der Waals surface area contributed by atoms with Gasteiger partial charge in [-0.3, -0.25) is 4.79 Å². The Morgan fingerprint density at radius 1 is 1.26 bits per heavy atom. The van der Waals surface area contributed by atoms with Crippen LogP contribution in [0.1, 0.15) is 23.2 Å². The molecule has 5 nitrogen and oxygen atoms in total. The third-order valence-electron chi connectivity index (χ3n) is 4.33. The van der Waals surface area contributed by atoms with Crippen molar-refractivity contribution in [3.05, 3.63) is 35.9 Å². The highest BCUT2D eigenvalue weighted by molar-refractivity contribution is 7.82. The number of carbonyl (C=O) groups is 1. The van der Waals surface area contributed by atoms with Crippen molar-refractivity contribution in [1.29, 1.82) is 0 Å². The molecule has 2 N–H and O–H groups in total. The van der Waals surface area contributed by atoms with E-state index in [1.165, 1.54) is 0 Å². The van der Waals surface area contributed by atoms with Crippen molar-refractivity contribution in [3.63, 3.8) is 0 Å². The zero-order valence-corrected chi connectivity index (χ0v) is 13.8. The van der Waals surface area contributed by atoms with Gasteiger partial charge in [0.2, 0.25) is 0 Å². The summed E-state index contributed by atoms with van der Waals surface area (Å²) in [6, 6.07) is 9.61. The van der Waals surface area contributed by atoms with Gasteiger partial charge in [0.15, 0.2) is 6.29 Å². The fourth-order valence-corrected chi connectivity index (χ4v) is 3.85. The Morgan fingerprint density at radius 3 is 2.65 bits per heavy atom. The minimum Gasteiger partial charge on any atom is -0.507 e. The molecule has 1 atom stereocenters. The van der Waals surface area contributed by atoms with Gasteiger partial charge in [0.05, 0.1) is 16.5 Å². The molecule has 2 aromatic rings. The molecule has 0 amide bonds. The van der Waals surface area contributed by atoms with Crippen LogP contribution in [0.3, 0.4) is 0 Å². The van der Waals surface area contributed by atoms with E-state index in [1.54, 1.807) is 12.3 Å². The second kappa shape index (κ2) is 6.68. The lowest BCUT2D eigenvalue weighted by Gasteiger charge is -2.33. The molecule has 0 aromatic heterocycles. The maximum atomic E-state index is 11.2. The van der Waals surface area contributed by atoms with Crippen molar-refractivity contribution >= 4 is 33.7 Å². The zero-order valence-electron chi connectivity index (χ0n) is 13.0. The number of piperidine rings is 1. The van der Waals surface area contributed by atoms with Crippen molar-refractivity contribution in [2.45, 2.75) is 18.9 Å². The number of hydrogen-bond acceptors (Lipinski definition) is 4. The molecule has 0 radical (unpaired) electrons. The number of aromatic hydroxyl groups is 1. The summed E-state index contributed by atoms with van der Waals surface area (Å²) in [5.41, 5.74) is 1.44. The van der Waals surface area contributed by atoms with Gasteiger partial charge in [-0.25, -0.2) is 8.93 Å². The molecule has 1 saturated heterocycles. The number of fused-ring (bicyclic) bond motifs is 1. The molecule has 0 aliphatic carbocycles. The Labute approximate surface area is 137 Å². The van der Waals surface area contributed by atoms with E-state index in [4.69, 9.17) is 0 Å². The Bertz CT molecular complexity index is 755. The van der Waals surface area contributed by atoms with E-state index in [0.29, 0.717) is 17.9 Å². The predicted molar refractivity (Wildman–Crippen MR) is 93.4 cm³/mol. The Hall–Kier alpha value is -1.92. The number of phenolic OH excluding ortho intramolecular Hbond substituents is 1. The third-order valence-corrected chi connectivity index (χ3v) is 5.00. The van der Waals surface area contributed by atoms with Crippen molar-refractivity contribution < 1.29 is 14.1 Å². The SMILES string of the molecule is CS(=O)NC1CCN(c2ccc3c(C=O)c(O)ccc3c2)CC1. The molecule has 3 rings (SSSR count). The fraction of sp³-hybridized carbons (Fsp3) is 0.353. The Kier molecular flexibility index (Phi) is 4.63. The molecular weight excluding hydrogens is 312 g/mol. The molecule has 23 heavy (non-hydrogen) atoms. The van der Waals surface area contributed by atoms with Gasteiger partial charge in [-0.2, -0.15) is 0 Å². The molecule has 1 unspecified atom stereocenters. The summed E-state index contributed by atoms with van der Waals surface area (Å²) in [6.45, 7) is 1.80. The zero-order chi connectivity index (χ0) is 16.4. The first-order chi connectivity index (χ1) is 11.1. The van der Waals surface area contributed by atoms with E-state index in [1.807, 2.05) is 24.3 Å². The maximum absolute atomic E-state index is 11.2. The summed E-state index contributed by atoms with van der Waals surface area (Å²) in [6.07, 6.45) is 4.26. The largest absolute Gasteiger partial charge is 0.507 e. The van der Waals surface area contributed by atoms with Crippen LogP contribution in [-0.2, 0) is 11.0 Å². The van der Waals surface area contributed by atoms with Crippen LogP contribution in [0.25, 0.3) is 10.8 Å².